The molecule has 1 heterocycles. The van der Waals surface area contributed by atoms with E-state index >= 15 is 0 Å². The Morgan fingerprint density at radius 2 is 2.20 bits per heavy atom. The second-order valence-electron chi connectivity index (χ2n) is 5.04. The molecule has 1 saturated carbocycles. The third kappa shape index (κ3) is 2.67. The van der Waals surface area contributed by atoms with Gasteiger partial charge in [-0.2, -0.15) is 11.8 Å². The molecule has 0 radical (unpaired) electrons. The van der Waals surface area contributed by atoms with Gasteiger partial charge in [0.05, 0.1) is 16.8 Å². The number of aliphatic carboxylic acids is 1. The summed E-state index contributed by atoms with van der Waals surface area (Å²) in [7, 11) is 0. The van der Waals surface area contributed by atoms with Gasteiger partial charge in [0.25, 0.3) is 0 Å². The van der Waals surface area contributed by atoms with Crippen LogP contribution in [0.2, 0.25) is 0 Å². The Balaban J connectivity index is 1.97. The zero-order valence-electron chi connectivity index (χ0n) is 11.2. The molecule has 1 aromatic heterocycles. The minimum atomic E-state index is -0.806. The first-order valence-corrected chi connectivity index (χ1v) is 8.70. The highest BCUT2D eigenvalue weighted by atomic mass is 32.2. The number of fused-ring (bicyclic) bond motifs is 1. The lowest BCUT2D eigenvalue weighted by molar-refractivity contribution is -0.133. The summed E-state index contributed by atoms with van der Waals surface area (Å²) in [5, 5.41) is 9.68. The van der Waals surface area contributed by atoms with Gasteiger partial charge < -0.3 is 9.67 Å². The largest absolute Gasteiger partial charge is 0.481 e. The van der Waals surface area contributed by atoms with Crippen LogP contribution in [0.15, 0.2) is 29.4 Å². The molecule has 1 aliphatic rings. The number of carboxylic acids is 1. The Morgan fingerprint density at radius 1 is 1.45 bits per heavy atom. The van der Waals surface area contributed by atoms with Crippen molar-refractivity contribution < 1.29 is 9.90 Å². The van der Waals surface area contributed by atoms with Crippen molar-refractivity contribution in [3.63, 3.8) is 0 Å². The van der Waals surface area contributed by atoms with Crippen molar-refractivity contribution in [1.29, 1.82) is 0 Å². The molecular formula is C14H16N2O2S2. The third-order valence-corrected chi connectivity index (χ3v) is 6.00. The summed E-state index contributed by atoms with van der Waals surface area (Å²) in [4.78, 5) is 15.4. The van der Waals surface area contributed by atoms with Gasteiger partial charge in [-0.15, -0.1) is 0 Å². The van der Waals surface area contributed by atoms with Crippen LogP contribution in [0.5, 0.6) is 0 Å². The lowest BCUT2D eigenvalue weighted by atomic mass is 10.3. The van der Waals surface area contributed by atoms with Crippen LogP contribution in [0.3, 0.4) is 0 Å². The Hall–Kier alpha value is -1.14. The first kappa shape index (κ1) is 13.8. The van der Waals surface area contributed by atoms with Gasteiger partial charge in [0.2, 0.25) is 0 Å². The maximum Gasteiger partial charge on any atom is 0.313 e. The number of para-hydroxylation sites is 2. The Labute approximate surface area is 126 Å². The molecule has 20 heavy (non-hydrogen) atoms. The molecule has 106 valence electrons. The maximum atomic E-state index is 10.8. The van der Waals surface area contributed by atoms with Gasteiger partial charge in [-0.05, 0) is 31.2 Å². The number of thioether (sulfide) groups is 2. The van der Waals surface area contributed by atoms with Gasteiger partial charge in [-0.1, -0.05) is 23.9 Å². The topological polar surface area (TPSA) is 55.1 Å². The first-order chi connectivity index (χ1) is 9.63. The number of aromatic nitrogens is 2. The van der Waals surface area contributed by atoms with Crippen molar-refractivity contribution in [2.45, 2.75) is 29.3 Å². The molecule has 0 spiro atoms. The number of hydrogen-bond donors (Lipinski definition) is 1. The maximum absolute atomic E-state index is 10.8. The molecule has 4 nitrogen and oxygen atoms in total. The number of carbonyl (C=O) groups is 1. The van der Waals surface area contributed by atoms with Crippen LogP contribution in [0, 0.1) is 0 Å². The number of nitrogens with zero attached hydrogens (tertiary/aromatic N) is 2. The van der Waals surface area contributed by atoms with Gasteiger partial charge >= 0.3 is 5.97 Å². The van der Waals surface area contributed by atoms with Crippen LogP contribution in [0.25, 0.3) is 11.0 Å². The van der Waals surface area contributed by atoms with Gasteiger partial charge in [0.15, 0.2) is 5.16 Å². The lowest BCUT2D eigenvalue weighted by Gasteiger charge is -2.15. The Bertz CT molecular complexity index is 650. The summed E-state index contributed by atoms with van der Waals surface area (Å²) in [6, 6.07) is 8.01. The SMILES string of the molecule is CSC1(Cn2c(SCC(=O)O)nc3ccccc32)CC1. The predicted octanol–water partition coefficient (Wildman–Crippen LogP) is 3.11. The van der Waals surface area contributed by atoms with Crippen LogP contribution in [-0.4, -0.2) is 37.4 Å². The second-order valence-corrected chi connectivity index (χ2v) is 7.26. The minimum Gasteiger partial charge on any atom is -0.481 e. The molecule has 1 aromatic carbocycles. The summed E-state index contributed by atoms with van der Waals surface area (Å²) < 4.78 is 2.51. The zero-order valence-corrected chi connectivity index (χ0v) is 12.8. The number of carboxylic acid groups (broad SMARTS) is 1. The number of hydrogen-bond acceptors (Lipinski definition) is 4. The van der Waals surface area contributed by atoms with Crippen molar-refractivity contribution in [1.82, 2.24) is 9.55 Å². The van der Waals surface area contributed by atoms with E-state index in [1.807, 2.05) is 30.0 Å². The third-order valence-electron chi connectivity index (χ3n) is 3.63. The molecule has 0 bridgehead atoms. The monoisotopic (exact) mass is 308 g/mol. The first-order valence-electron chi connectivity index (χ1n) is 6.49. The van der Waals surface area contributed by atoms with E-state index in [0.717, 1.165) is 22.7 Å². The minimum absolute atomic E-state index is 0.0512. The second kappa shape index (κ2) is 5.33. The van der Waals surface area contributed by atoms with Crippen LogP contribution in [0.1, 0.15) is 12.8 Å². The zero-order chi connectivity index (χ0) is 14.2. The quantitative estimate of drug-likeness (QED) is 0.831. The standard InChI is InChI=1S/C14H16N2O2S2/c1-19-14(6-7-14)9-16-11-5-3-2-4-10(11)15-13(16)20-8-12(17)18/h2-5H,6-9H2,1H3,(H,17,18). The summed E-state index contributed by atoms with van der Waals surface area (Å²) in [5.74, 6) is -0.755. The van der Waals surface area contributed by atoms with Crippen LogP contribution in [0.4, 0.5) is 0 Å². The average molecular weight is 308 g/mol. The summed E-state index contributed by atoms with van der Waals surface area (Å²) in [5.41, 5.74) is 2.04. The smallest absolute Gasteiger partial charge is 0.313 e. The predicted molar refractivity (Wildman–Crippen MR) is 83.6 cm³/mol. The molecule has 0 aliphatic heterocycles. The van der Waals surface area contributed by atoms with Gasteiger partial charge in [-0.25, -0.2) is 4.98 Å². The van der Waals surface area contributed by atoms with Crippen molar-refractivity contribution >= 4 is 40.5 Å². The summed E-state index contributed by atoms with van der Waals surface area (Å²) in [6.07, 6.45) is 4.60. The van der Waals surface area contributed by atoms with E-state index in [1.165, 1.54) is 24.6 Å². The summed E-state index contributed by atoms with van der Waals surface area (Å²) >= 11 is 3.21. The van der Waals surface area contributed by atoms with Crippen molar-refractivity contribution in [3.8, 4) is 0 Å². The fourth-order valence-electron chi connectivity index (χ4n) is 2.30. The molecule has 0 atom stereocenters. The van der Waals surface area contributed by atoms with E-state index in [0.29, 0.717) is 4.75 Å². The molecule has 1 aliphatic carbocycles. The molecule has 1 fully saturated rings. The van der Waals surface area contributed by atoms with Gasteiger partial charge in [0, 0.05) is 11.3 Å². The molecule has 3 rings (SSSR count). The molecule has 6 heteroatoms. The van der Waals surface area contributed by atoms with Crippen LogP contribution >= 0.6 is 23.5 Å². The van der Waals surface area contributed by atoms with E-state index < -0.39 is 5.97 Å². The van der Waals surface area contributed by atoms with Crippen molar-refractivity contribution in [3.05, 3.63) is 24.3 Å². The number of rotatable bonds is 6. The van der Waals surface area contributed by atoms with E-state index in [9.17, 15) is 4.79 Å². The highest BCUT2D eigenvalue weighted by molar-refractivity contribution is 8.00. The van der Waals surface area contributed by atoms with Crippen LogP contribution < -0.4 is 0 Å². The summed E-state index contributed by atoms with van der Waals surface area (Å²) in [6.45, 7) is 0.913. The van der Waals surface area contributed by atoms with Crippen LogP contribution in [-0.2, 0) is 11.3 Å². The fraction of sp³-hybridized carbons (Fsp3) is 0.429. The molecule has 2 aromatic rings. The van der Waals surface area contributed by atoms with E-state index in [4.69, 9.17) is 5.11 Å². The number of imidazole rings is 1. The number of benzene rings is 1. The highest BCUT2D eigenvalue weighted by Crippen LogP contribution is 2.49. The van der Waals surface area contributed by atoms with Gasteiger partial charge in [0.1, 0.15) is 0 Å². The fourth-order valence-corrected chi connectivity index (χ4v) is 3.80. The Morgan fingerprint density at radius 3 is 2.85 bits per heavy atom. The Kier molecular flexibility index (Phi) is 3.69. The van der Waals surface area contributed by atoms with E-state index in [-0.39, 0.29) is 5.75 Å². The van der Waals surface area contributed by atoms with Crippen molar-refractivity contribution in [2.24, 2.45) is 0 Å². The van der Waals surface area contributed by atoms with E-state index in [1.54, 1.807) is 0 Å². The molecule has 0 unspecified atom stereocenters. The average Bonchev–Trinajstić information content (AvgIpc) is 3.14. The van der Waals surface area contributed by atoms with Gasteiger partial charge in [-0.3, -0.25) is 4.79 Å². The molecule has 0 saturated heterocycles. The lowest BCUT2D eigenvalue weighted by Crippen LogP contribution is -2.14. The molecule has 0 amide bonds. The molecular weight excluding hydrogens is 292 g/mol. The molecule has 1 N–H and O–H groups in total. The normalized spacial score (nSPS) is 16.4. The van der Waals surface area contributed by atoms with Crippen molar-refractivity contribution in [2.75, 3.05) is 12.0 Å². The van der Waals surface area contributed by atoms with E-state index in [2.05, 4.69) is 21.9 Å². The highest BCUT2D eigenvalue weighted by Gasteiger charge is 2.42.